The Kier molecular flexibility index (Phi) is 4.36. The van der Waals surface area contributed by atoms with Gasteiger partial charge in [0.2, 0.25) is 0 Å². The van der Waals surface area contributed by atoms with Gasteiger partial charge in [0.05, 0.1) is 20.8 Å². The van der Waals surface area contributed by atoms with Crippen LogP contribution in [-0.4, -0.2) is 48.0 Å². The number of ketones is 1. The summed E-state index contributed by atoms with van der Waals surface area (Å²) in [6, 6.07) is 4.71. The number of rotatable bonds is 3. The quantitative estimate of drug-likeness (QED) is 0.525. The fraction of sp³-hybridized carbons (Fsp3) is 0.412. The molecular weight excluding hydrogens is 298 g/mol. The third-order valence-corrected chi connectivity index (χ3v) is 3.74. The molecule has 0 aromatic heterocycles. The average Bonchev–Trinajstić information content (AvgIpc) is 2.80. The normalized spacial score (nSPS) is 17.5. The van der Waals surface area contributed by atoms with Crippen molar-refractivity contribution >= 4 is 17.4 Å². The molecule has 0 aliphatic carbocycles. The highest BCUT2D eigenvalue weighted by atomic mass is 16.5. The van der Waals surface area contributed by atoms with Crippen molar-refractivity contribution in [3.05, 3.63) is 29.3 Å². The van der Waals surface area contributed by atoms with Crippen molar-refractivity contribution in [3.63, 3.8) is 0 Å². The first kappa shape index (κ1) is 16.9. The van der Waals surface area contributed by atoms with Crippen molar-refractivity contribution in [2.45, 2.75) is 26.3 Å². The fourth-order valence-corrected chi connectivity index (χ4v) is 2.45. The van der Waals surface area contributed by atoms with Gasteiger partial charge < -0.3 is 19.5 Å². The standard InChI is InChI=1S/C17H21NO5/c1-17(2,3)18-9-11(19)14(16(18)21)15(20)10-6-7-12(22-4)13(8-10)23-5/h6-8,20H,9H2,1-5H3/b15-14-. The molecule has 0 saturated carbocycles. The smallest absolute Gasteiger partial charge is 0.262 e. The SMILES string of the molecule is COc1ccc(/C(O)=C2\C(=O)CN(C(C)(C)C)C2=O)cc1OC. The molecule has 1 saturated heterocycles. The molecule has 1 fully saturated rings. The van der Waals surface area contributed by atoms with E-state index < -0.39 is 17.2 Å². The monoisotopic (exact) mass is 319 g/mol. The van der Waals surface area contributed by atoms with Crippen LogP contribution in [0.1, 0.15) is 26.3 Å². The number of carbonyl (C=O) groups is 2. The maximum atomic E-state index is 12.5. The first-order chi connectivity index (χ1) is 10.7. The minimum absolute atomic E-state index is 0.0327. The van der Waals surface area contributed by atoms with E-state index in [-0.39, 0.29) is 17.9 Å². The van der Waals surface area contributed by atoms with Crippen molar-refractivity contribution in [1.82, 2.24) is 4.90 Å². The number of hydrogen-bond acceptors (Lipinski definition) is 5. The second-order valence-corrected chi connectivity index (χ2v) is 6.28. The van der Waals surface area contributed by atoms with Gasteiger partial charge in [0.25, 0.3) is 5.91 Å². The van der Waals surface area contributed by atoms with E-state index in [1.165, 1.54) is 25.2 Å². The van der Waals surface area contributed by atoms with Gasteiger partial charge in [-0.2, -0.15) is 0 Å². The van der Waals surface area contributed by atoms with Crippen molar-refractivity contribution in [2.24, 2.45) is 0 Å². The molecule has 1 amide bonds. The first-order valence-corrected chi connectivity index (χ1v) is 7.21. The Bertz CT molecular complexity index is 685. The summed E-state index contributed by atoms with van der Waals surface area (Å²) in [6.07, 6.45) is 0. The summed E-state index contributed by atoms with van der Waals surface area (Å²) in [6.45, 7) is 5.49. The van der Waals surface area contributed by atoms with E-state index in [9.17, 15) is 14.7 Å². The molecule has 1 aromatic rings. The van der Waals surface area contributed by atoms with Gasteiger partial charge in [-0.3, -0.25) is 9.59 Å². The maximum Gasteiger partial charge on any atom is 0.262 e. The molecule has 124 valence electrons. The molecule has 6 nitrogen and oxygen atoms in total. The Morgan fingerprint density at radius 1 is 1.13 bits per heavy atom. The Morgan fingerprint density at radius 2 is 1.74 bits per heavy atom. The predicted molar refractivity (Wildman–Crippen MR) is 85.6 cm³/mol. The highest BCUT2D eigenvalue weighted by Crippen LogP contribution is 2.33. The van der Waals surface area contributed by atoms with Gasteiger partial charge in [-0.25, -0.2) is 0 Å². The molecule has 0 atom stereocenters. The predicted octanol–water partition coefficient (Wildman–Crippen LogP) is 2.18. The summed E-state index contributed by atoms with van der Waals surface area (Å²) in [4.78, 5) is 26.1. The van der Waals surface area contributed by atoms with E-state index in [1.54, 1.807) is 12.1 Å². The average molecular weight is 319 g/mol. The summed E-state index contributed by atoms with van der Waals surface area (Å²) >= 11 is 0. The van der Waals surface area contributed by atoms with Crippen LogP contribution in [0, 0.1) is 0 Å². The van der Waals surface area contributed by atoms with Crippen LogP contribution in [0.2, 0.25) is 0 Å². The number of likely N-dealkylation sites (tertiary alicyclic amines) is 1. The van der Waals surface area contributed by atoms with Gasteiger partial charge in [-0.05, 0) is 39.0 Å². The molecule has 0 bridgehead atoms. The number of amides is 1. The van der Waals surface area contributed by atoms with Crippen LogP contribution in [-0.2, 0) is 9.59 Å². The number of methoxy groups -OCH3 is 2. The molecule has 6 heteroatoms. The molecule has 1 aliphatic rings. The lowest BCUT2D eigenvalue weighted by Gasteiger charge is -2.30. The van der Waals surface area contributed by atoms with Gasteiger partial charge in [-0.15, -0.1) is 0 Å². The summed E-state index contributed by atoms with van der Waals surface area (Å²) in [5, 5.41) is 10.4. The zero-order valence-corrected chi connectivity index (χ0v) is 14.0. The summed E-state index contributed by atoms with van der Waals surface area (Å²) < 4.78 is 10.3. The van der Waals surface area contributed by atoms with Crippen molar-refractivity contribution in [2.75, 3.05) is 20.8 Å². The van der Waals surface area contributed by atoms with Crippen LogP contribution >= 0.6 is 0 Å². The summed E-state index contributed by atoms with van der Waals surface area (Å²) in [5.41, 5.74) is -0.353. The van der Waals surface area contributed by atoms with Gasteiger partial charge >= 0.3 is 0 Å². The van der Waals surface area contributed by atoms with Crippen LogP contribution in [0.15, 0.2) is 23.8 Å². The highest BCUT2D eigenvalue weighted by Gasteiger charge is 2.41. The van der Waals surface area contributed by atoms with E-state index in [1.807, 2.05) is 20.8 Å². The van der Waals surface area contributed by atoms with Crippen LogP contribution in [0.3, 0.4) is 0 Å². The minimum atomic E-state index is -0.494. The zero-order valence-electron chi connectivity index (χ0n) is 14.0. The van der Waals surface area contributed by atoms with Gasteiger partial charge in [0.1, 0.15) is 11.3 Å². The number of ether oxygens (including phenoxy) is 2. The lowest BCUT2D eigenvalue weighted by Crippen LogP contribution is -2.42. The fourth-order valence-electron chi connectivity index (χ4n) is 2.45. The number of aliphatic hydroxyl groups is 1. The Balaban J connectivity index is 2.49. The van der Waals surface area contributed by atoms with Gasteiger partial charge in [0, 0.05) is 11.1 Å². The topological polar surface area (TPSA) is 76.1 Å². The largest absolute Gasteiger partial charge is 0.506 e. The molecule has 1 N–H and O–H groups in total. The van der Waals surface area contributed by atoms with E-state index in [0.717, 1.165) is 0 Å². The number of Topliss-reactive ketones (excluding diaryl/α,β-unsaturated/α-hetero) is 1. The van der Waals surface area contributed by atoms with E-state index in [4.69, 9.17) is 9.47 Å². The number of hydrogen-bond donors (Lipinski definition) is 1. The number of benzene rings is 1. The van der Waals surface area contributed by atoms with Crippen LogP contribution in [0.4, 0.5) is 0 Å². The van der Waals surface area contributed by atoms with Crippen molar-refractivity contribution in [3.8, 4) is 11.5 Å². The highest BCUT2D eigenvalue weighted by molar-refractivity contribution is 6.28. The second kappa shape index (κ2) is 5.95. The molecule has 0 radical (unpaired) electrons. The minimum Gasteiger partial charge on any atom is -0.506 e. The lowest BCUT2D eigenvalue weighted by atomic mass is 10.0. The Labute approximate surface area is 135 Å². The van der Waals surface area contributed by atoms with Gasteiger partial charge in [-0.1, -0.05) is 0 Å². The first-order valence-electron chi connectivity index (χ1n) is 7.21. The van der Waals surface area contributed by atoms with E-state index in [0.29, 0.717) is 17.1 Å². The van der Waals surface area contributed by atoms with E-state index >= 15 is 0 Å². The van der Waals surface area contributed by atoms with Crippen LogP contribution in [0.25, 0.3) is 5.76 Å². The molecular formula is C17H21NO5. The molecule has 1 aromatic carbocycles. The lowest BCUT2D eigenvalue weighted by molar-refractivity contribution is -0.129. The summed E-state index contributed by atoms with van der Waals surface area (Å²) in [7, 11) is 2.97. The second-order valence-electron chi connectivity index (χ2n) is 6.28. The van der Waals surface area contributed by atoms with Crippen LogP contribution in [0.5, 0.6) is 11.5 Å². The van der Waals surface area contributed by atoms with Crippen LogP contribution < -0.4 is 9.47 Å². The maximum absolute atomic E-state index is 12.5. The third kappa shape index (κ3) is 3.02. The van der Waals surface area contributed by atoms with Crippen molar-refractivity contribution < 1.29 is 24.2 Å². The Hall–Kier alpha value is -2.50. The van der Waals surface area contributed by atoms with Gasteiger partial charge in [0.15, 0.2) is 17.3 Å². The summed E-state index contributed by atoms with van der Waals surface area (Å²) in [5.74, 6) is -0.295. The molecule has 23 heavy (non-hydrogen) atoms. The molecule has 1 aliphatic heterocycles. The Morgan fingerprint density at radius 3 is 2.22 bits per heavy atom. The molecule has 1 heterocycles. The molecule has 2 rings (SSSR count). The number of aliphatic hydroxyl groups excluding tert-OH is 1. The number of carbonyl (C=O) groups excluding carboxylic acids is 2. The molecule has 0 unspecified atom stereocenters. The zero-order chi connectivity index (χ0) is 17.4. The third-order valence-electron chi connectivity index (χ3n) is 3.74. The number of nitrogens with zero attached hydrogens (tertiary/aromatic N) is 1. The van der Waals surface area contributed by atoms with E-state index in [2.05, 4.69) is 0 Å². The molecule has 0 spiro atoms. The van der Waals surface area contributed by atoms with Crippen molar-refractivity contribution in [1.29, 1.82) is 0 Å².